The molecule has 0 aliphatic rings. The topological polar surface area (TPSA) is 72.8 Å². The van der Waals surface area contributed by atoms with Crippen molar-refractivity contribution in [3.8, 4) is 5.75 Å². The third-order valence-electron chi connectivity index (χ3n) is 2.50. The van der Waals surface area contributed by atoms with Crippen molar-refractivity contribution < 1.29 is 24.2 Å². The highest BCUT2D eigenvalue weighted by atomic mass is 35.5. The summed E-state index contributed by atoms with van der Waals surface area (Å²) in [5.41, 5.74) is -0.162. The minimum atomic E-state index is -1.14. The summed E-state index contributed by atoms with van der Waals surface area (Å²) in [6.45, 7) is 8.88. The van der Waals surface area contributed by atoms with Gasteiger partial charge in [0.25, 0.3) is 0 Å². The SMILES string of the molecule is CC(C)Oc1cc(CC(=O)OC(C)(C)C)c(Cl)cc1C(=O)O. The van der Waals surface area contributed by atoms with Crippen molar-refractivity contribution in [2.75, 3.05) is 0 Å². The largest absolute Gasteiger partial charge is 0.490 e. The summed E-state index contributed by atoms with van der Waals surface area (Å²) in [5, 5.41) is 9.39. The van der Waals surface area contributed by atoms with E-state index in [9.17, 15) is 14.7 Å². The van der Waals surface area contributed by atoms with Gasteiger partial charge >= 0.3 is 11.9 Å². The number of carboxylic acid groups (broad SMARTS) is 1. The fraction of sp³-hybridized carbons (Fsp3) is 0.500. The van der Waals surface area contributed by atoms with E-state index in [0.717, 1.165) is 0 Å². The molecule has 0 radical (unpaired) electrons. The molecule has 1 aromatic carbocycles. The van der Waals surface area contributed by atoms with Crippen molar-refractivity contribution in [2.24, 2.45) is 0 Å². The second-order valence-corrected chi connectivity index (χ2v) is 6.58. The van der Waals surface area contributed by atoms with Crippen molar-refractivity contribution >= 4 is 23.5 Å². The zero-order chi connectivity index (χ0) is 17.1. The summed E-state index contributed by atoms with van der Waals surface area (Å²) in [6.07, 6.45) is -0.251. The fourth-order valence-corrected chi connectivity index (χ4v) is 2.01. The zero-order valence-electron chi connectivity index (χ0n) is 13.4. The first-order valence-corrected chi connectivity index (χ1v) is 7.31. The quantitative estimate of drug-likeness (QED) is 0.834. The molecule has 122 valence electrons. The van der Waals surface area contributed by atoms with E-state index in [4.69, 9.17) is 21.1 Å². The third-order valence-corrected chi connectivity index (χ3v) is 2.85. The molecular weight excluding hydrogens is 308 g/mol. The van der Waals surface area contributed by atoms with Crippen LogP contribution in [-0.4, -0.2) is 28.8 Å². The van der Waals surface area contributed by atoms with E-state index in [1.165, 1.54) is 12.1 Å². The molecule has 0 aliphatic carbocycles. The number of rotatable bonds is 5. The maximum atomic E-state index is 11.9. The molecule has 0 saturated carbocycles. The molecule has 0 spiro atoms. The van der Waals surface area contributed by atoms with Crippen LogP contribution in [0, 0.1) is 0 Å². The molecule has 0 amide bonds. The number of esters is 1. The lowest BCUT2D eigenvalue weighted by atomic mass is 10.1. The number of hydrogen-bond acceptors (Lipinski definition) is 4. The highest BCUT2D eigenvalue weighted by Gasteiger charge is 2.21. The fourth-order valence-electron chi connectivity index (χ4n) is 1.78. The molecule has 22 heavy (non-hydrogen) atoms. The van der Waals surface area contributed by atoms with Crippen LogP contribution in [0.3, 0.4) is 0 Å². The Bertz CT molecular complexity index is 573. The van der Waals surface area contributed by atoms with E-state index in [1.807, 2.05) is 0 Å². The van der Waals surface area contributed by atoms with Gasteiger partial charge in [-0.05, 0) is 52.3 Å². The molecule has 0 fully saturated rings. The van der Waals surface area contributed by atoms with Crippen molar-refractivity contribution in [3.05, 3.63) is 28.3 Å². The minimum Gasteiger partial charge on any atom is -0.490 e. The van der Waals surface area contributed by atoms with E-state index in [2.05, 4.69) is 0 Å². The molecule has 1 aromatic rings. The van der Waals surface area contributed by atoms with Crippen molar-refractivity contribution in [3.63, 3.8) is 0 Å². The third kappa shape index (κ3) is 5.56. The Morgan fingerprint density at radius 2 is 1.86 bits per heavy atom. The molecule has 0 atom stereocenters. The Morgan fingerprint density at radius 3 is 2.32 bits per heavy atom. The molecule has 0 saturated heterocycles. The van der Waals surface area contributed by atoms with Gasteiger partial charge in [0.1, 0.15) is 16.9 Å². The summed E-state index contributed by atoms with van der Waals surface area (Å²) in [7, 11) is 0. The Kier molecular flexibility index (Phi) is 5.83. The number of hydrogen-bond donors (Lipinski definition) is 1. The highest BCUT2D eigenvalue weighted by molar-refractivity contribution is 6.32. The molecule has 0 unspecified atom stereocenters. The van der Waals surface area contributed by atoms with Gasteiger partial charge in [-0.3, -0.25) is 4.79 Å². The van der Waals surface area contributed by atoms with Crippen LogP contribution >= 0.6 is 11.6 Å². The normalized spacial score (nSPS) is 11.4. The van der Waals surface area contributed by atoms with Crippen LogP contribution in [0.5, 0.6) is 5.75 Å². The van der Waals surface area contributed by atoms with E-state index >= 15 is 0 Å². The first-order valence-electron chi connectivity index (χ1n) is 6.94. The molecule has 0 bridgehead atoms. The minimum absolute atomic E-state index is 0.0355. The Balaban J connectivity index is 3.10. The molecule has 5 nitrogen and oxygen atoms in total. The lowest BCUT2D eigenvalue weighted by Crippen LogP contribution is -2.25. The van der Waals surface area contributed by atoms with Crippen molar-refractivity contribution in [1.82, 2.24) is 0 Å². The first kappa shape index (κ1) is 18.3. The maximum absolute atomic E-state index is 11.9. The zero-order valence-corrected chi connectivity index (χ0v) is 14.2. The Labute approximate surface area is 135 Å². The smallest absolute Gasteiger partial charge is 0.339 e. The van der Waals surface area contributed by atoms with E-state index < -0.39 is 17.5 Å². The molecule has 0 aromatic heterocycles. The number of halogens is 1. The predicted octanol–water partition coefficient (Wildman–Crippen LogP) is 3.71. The average Bonchev–Trinajstić information content (AvgIpc) is 2.29. The van der Waals surface area contributed by atoms with Crippen molar-refractivity contribution in [2.45, 2.75) is 52.7 Å². The lowest BCUT2D eigenvalue weighted by molar-refractivity contribution is -0.153. The highest BCUT2D eigenvalue weighted by Crippen LogP contribution is 2.29. The van der Waals surface area contributed by atoms with Gasteiger partial charge in [0.15, 0.2) is 0 Å². The van der Waals surface area contributed by atoms with Gasteiger partial charge in [-0.2, -0.15) is 0 Å². The van der Waals surface area contributed by atoms with Gasteiger partial charge in [-0.1, -0.05) is 11.6 Å². The number of benzene rings is 1. The average molecular weight is 329 g/mol. The van der Waals surface area contributed by atoms with Gasteiger partial charge in [0, 0.05) is 5.02 Å². The monoisotopic (exact) mass is 328 g/mol. The van der Waals surface area contributed by atoms with Crippen LogP contribution in [0.1, 0.15) is 50.5 Å². The number of carboxylic acids is 1. The van der Waals surface area contributed by atoms with Crippen LogP contribution in [0.15, 0.2) is 12.1 Å². The molecule has 0 aliphatic heterocycles. The molecule has 1 N–H and O–H groups in total. The van der Waals surface area contributed by atoms with Gasteiger partial charge in [0.2, 0.25) is 0 Å². The number of aromatic carboxylic acids is 1. The molecule has 1 rings (SSSR count). The summed E-state index contributed by atoms with van der Waals surface area (Å²) in [4.78, 5) is 23.1. The lowest BCUT2D eigenvalue weighted by Gasteiger charge is -2.20. The van der Waals surface area contributed by atoms with Crippen molar-refractivity contribution in [1.29, 1.82) is 0 Å². The van der Waals surface area contributed by atoms with Gasteiger partial charge in [-0.25, -0.2) is 4.79 Å². The van der Waals surface area contributed by atoms with Gasteiger partial charge < -0.3 is 14.6 Å². The molecule has 6 heteroatoms. The summed E-state index contributed by atoms with van der Waals surface area (Å²) < 4.78 is 10.7. The second-order valence-electron chi connectivity index (χ2n) is 6.17. The van der Waals surface area contributed by atoms with E-state index in [1.54, 1.807) is 34.6 Å². The Hall–Kier alpha value is -1.75. The Morgan fingerprint density at radius 1 is 1.27 bits per heavy atom. The standard InChI is InChI=1S/C16H21ClO5/c1-9(2)21-13-6-10(7-14(18)22-16(3,4)5)12(17)8-11(13)15(19)20/h6,8-9H,7H2,1-5H3,(H,19,20). The van der Waals surface area contributed by atoms with Crippen LogP contribution in [0.25, 0.3) is 0 Å². The number of carbonyl (C=O) groups excluding carboxylic acids is 1. The summed E-state index contributed by atoms with van der Waals surface area (Å²) in [6, 6.07) is 2.77. The van der Waals surface area contributed by atoms with E-state index in [0.29, 0.717) is 5.56 Å². The summed E-state index contributed by atoms with van der Waals surface area (Å²) in [5.74, 6) is -1.39. The molecule has 0 heterocycles. The number of ether oxygens (including phenoxy) is 2. The summed E-state index contributed by atoms with van der Waals surface area (Å²) >= 11 is 6.07. The van der Waals surface area contributed by atoms with Crippen LogP contribution < -0.4 is 4.74 Å². The second kappa shape index (κ2) is 7.01. The van der Waals surface area contributed by atoms with Crippen LogP contribution in [-0.2, 0) is 16.0 Å². The maximum Gasteiger partial charge on any atom is 0.339 e. The predicted molar refractivity (Wildman–Crippen MR) is 83.7 cm³/mol. The van der Waals surface area contributed by atoms with Crippen LogP contribution in [0.2, 0.25) is 5.02 Å². The van der Waals surface area contributed by atoms with Gasteiger partial charge in [0.05, 0.1) is 12.5 Å². The first-order chi connectivity index (χ1) is 9.99. The number of carbonyl (C=O) groups is 2. The van der Waals surface area contributed by atoms with E-state index in [-0.39, 0.29) is 28.9 Å². The van der Waals surface area contributed by atoms with Crippen LogP contribution in [0.4, 0.5) is 0 Å². The van der Waals surface area contributed by atoms with Gasteiger partial charge in [-0.15, -0.1) is 0 Å². The molecular formula is C16H21ClO5.